The molecule has 5 nitrogen and oxygen atoms in total. The van der Waals surface area contributed by atoms with Gasteiger partial charge >= 0.3 is 6.03 Å². The fourth-order valence-electron chi connectivity index (χ4n) is 2.70. The number of benzene rings is 1. The van der Waals surface area contributed by atoms with E-state index in [-0.39, 0.29) is 6.03 Å². The minimum absolute atomic E-state index is 0.0259. The van der Waals surface area contributed by atoms with Crippen LogP contribution in [0, 0.1) is 6.92 Å². The summed E-state index contributed by atoms with van der Waals surface area (Å²) in [5, 5.41) is 6.22. The molecule has 0 radical (unpaired) electrons. The number of thiazole rings is 1. The highest BCUT2D eigenvalue weighted by molar-refractivity contribution is 7.09. The van der Waals surface area contributed by atoms with Crippen LogP contribution in [0.4, 0.5) is 4.79 Å². The fraction of sp³-hybridized carbons (Fsp3) is 0.412. The molecule has 1 aliphatic heterocycles. The minimum atomic E-state index is 0.0259. The summed E-state index contributed by atoms with van der Waals surface area (Å²) >= 11 is 1.69. The number of amides is 2. The van der Waals surface area contributed by atoms with Gasteiger partial charge in [0.05, 0.1) is 10.7 Å². The van der Waals surface area contributed by atoms with Gasteiger partial charge in [0.1, 0.15) is 0 Å². The molecule has 122 valence electrons. The monoisotopic (exact) mass is 330 g/mol. The first-order valence-electron chi connectivity index (χ1n) is 7.91. The highest BCUT2D eigenvalue weighted by atomic mass is 32.1. The quantitative estimate of drug-likeness (QED) is 0.937. The molecule has 1 fully saturated rings. The van der Waals surface area contributed by atoms with E-state index in [1.165, 1.54) is 0 Å². The van der Waals surface area contributed by atoms with E-state index in [0.717, 1.165) is 49.0 Å². The van der Waals surface area contributed by atoms with E-state index < -0.39 is 0 Å². The molecule has 1 aromatic heterocycles. The molecule has 0 unspecified atom stereocenters. The van der Waals surface area contributed by atoms with Crippen LogP contribution in [0.15, 0.2) is 35.7 Å². The van der Waals surface area contributed by atoms with Gasteiger partial charge in [-0.3, -0.25) is 4.90 Å². The molecule has 0 spiro atoms. The lowest BCUT2D eigenvalue weighted by atomic mass is 10.2. The maximum absolute atomic E-state index is 12.2. The third-order valence-electron chi connectivity index (χ3n) is 4.00. The number of piperazine rings is 1. The maximum Gasteiger partial charge on any atom is 0.317 e. The van der Waals surface area contributed by atoms with Crippen molar-refractivity contribution in [3.8, 4) is 0 Å². The Morgan fingerprint density at radius 2 is 1.96 bits per heavy atom. The zero-order valence-electron chi connectivity index (χ0n) is 13.4. The number of aromatic nitrogens is 1. The Balaban J connectivity index is 1.42. The third-order valence-corrected chi connectivity index (χ3v) is 4.82. The molecule has 2 aromatic rings. The first kappa shape index (κ1) is 16.0. The van der Waals surface area contributed by atoms with E-state index in [9.17, 15) is 4.79 Å². The summed E-state index contributed by atoms with van der Waals surface area (Å²) in [6.07, 6.45) is 0. The van der Waals surface area contributed by atoms with Crippen LogP contribution in [0.2, 0.25) is 0 Å². The Kier molecular flexibility index (Phi) is 5.25. The molecule has 6 heteroatoms. The largest absolute Gasteiger partial charge is 0.334 e. The molecule has 1 aliphatic rings. The van der Waals surface area contributed by atoms with Crippen LogP contribution < -0.4 is 5.32 Å². The predicted octanol–water partition coefficient (Wildman–Crippen LogP) is 2.48. The van der Waals surface area contributed by atoms with Crippen LogP contribution >= 0.6 is 11.3 Å². The molecule has 2 amide bonds. The second-order valence-corrected chi connectivity index (χ2v) is 6.83. The normalized spacial score (nSPS) is 15.6. The second kappa shape index (κ2) is 7.57. The molecule has 1 saturated heterocycles. The van der Waals surface area contributed by atoms with Gasteiger partial charge in [-0.05, 0) is 12.5 Å². The van der Waals surface area contributed by atoms with Crippen LogP contribution in [0.5, 0.6) is 0 Å². The van der Waals surface area contributed by atoms with Crippen molar-refractivity contribution in [2.24, 2.45) is 0 Å². The summed E-state index contributed by atoms with van der Waals surface area (Å²) < 4.78 is 0. The van der Waals surface area contributed by atoms with Crippen LogP contribution in [0.3, 0.4) is 0 Å². The van der Waals surface area contributed by atoms with Gasteiger partial charge in [-0.2, -0.15) is 0 Å². The number of hydrogen-bond donors (Lipinski definition) is 1. The summed E-state index contributed by atoms with van der Waals surface area (Å²) in [4.78, 5) is 21.0. The second-order valence-electron chi connectivity index (χ2n) is 5.77. The number of nitrogens with zero attached hydrogens (tertiary/aromatic N) is 3. The SMILES string of the molecule is Cc1nc(CN2CCN(C(=O)NCc3ccccc3)CC2)cs1. The van der Waals surface area contributed by atoms with Crippen LogP contribution in [0.1, 0.15) is 16.3 Å². The Hall–Kier alpha value is -1.92. The van der Waals surface area contributed by atoms with E-state index in [1.807, 2.05) is 42.2 Å². The lowest BCUT2D eigenvalue weighted by molar-refractivity contribution is 0.134. The first-order chi connectivity index (χ1) is 11.2. The average molecular weight is 330 g/mol. The van der Waals surface area contributed by atoms with Crippen molar-refractivity contribution in [3.63, 3.8) is 0 Å². The predicted molar refractivity (Wildman–Crippen MR) is 92.4 cm³/mol. The molecular weight excluding hydrogens is 308 g/mol. The maximum atomic E-state index is 12.2. The number of carbonyl (C=O) groups excluding carboxylic acids is 1. The smallest absolute Gasteiger partial charge is 0.317 e. The number of rotatable bonds is 4. The van der Waals surface area contributed by atoms with Gasteiger partial charge in [-0.15, -0.1) is 11.3 Å². The number of aryl methyl sites for hydroxylation is 1. The zero-order valence-corrected chi connectivity index (χ0v) is 14.2. The molecule has 3 rings (SSSR count). The average Bonchev–Trinajstić information content (AvgIpc) is 2.99. The fourth-order valence-corrected chi connectivity index (χ4v) is 3.31. The molecule has 23 heavy (non-hydrogen) atoms. The van der Waals surface area contributed by atoms with Gasteiger partial charge in [0.15, 0.2) is 0 Å². The summed E-state index contributed by atoms with van der Waals surface area (Å²) in [6, 6.07) is 10.0. The molecule has 0 saturated carbocycles. The minimum Gasteiger partial charge on any atom is -0.334 e. The number of hydrogen-bond acceptors (Lipinski definition) is 4. The molecule has 0 atom stereocenters. The number of nitrogens with one attached hydrogen (secondary N) is 1. The van der Waals surface area contributed by atoms with Gasteiger partial charge in [-0.1, -0.05) is 30.3 Å². The van der Waals surface area contributed by atoms with Crippen molar-refractivity contribution in [1.82, 2.24) is 20.1 Å². The van der Waals surface area contributed by atoms with Gasteiger partial charge < -0.3 is 10.2 Å². The van der Waals surface area contributed by atoms with Crippen LogP contribution in [-0.4, -0.2) is 47.0 Å². The van der Waals surface area contributed by atoms with Crippen LogP contribution in [-0.2, 0) is 13.1 Å². The zero-order chi connectivity index (χ0) is 16.1. The van der Waals surface area contributed by atoms with Gasteiger partial charge in [0, 0.05) is 44.6 Å². The molecule has 0 aliphatic carbocycles. The molecule has 1 N–H and O–H groups in total. The van der Waals surface area contributed by atoms with Crippen molar-refractivity contribution in [3.05, 3.63) is 52.0 Å². The molecule has 1 aromatic carbocycles. The Morgan fingerprint density at radius 3 is 2.61 bits per heavy atom. The van der Waals surface area contributed by atoms with Crippen LogP contribution in [0.25, 0.3) is 0 Å². The lowest BCUT2D eigenvalue weighted by Gasteiger charge is -2.34. The molecule has 0 bridgehead atoms. The van der Waals surface area contributed by atoms with E-state index in [2.05, 4.69) is 20.6 Å². The van der Waals surface area contributed by atoms with E-state index in [1.54, 1.807) is 11.3 Å². The van der Waals surface area contributed by atoms with Gasteiger partial charge in [0.2, 0.25) is 0 Å². The van der Waals surface area contributed by atoms with Crippen molar-refractivity contribution < 1.29 is 4.79 Å². The summed E-state index contributed by atoms with van der Waals surface area (Å²) in [5.41, 5.74) is 2.26. The van der Waals surface area contributed by atoms with Gasteiger partial charge in [0.25, 0.3) is 0 Å². The number of carbonyl (C=O) groups is 1. The lowest BCUT2D eigenvalue weighted by Crippen LogP contribution is -2.51. The molecular formula is C17H22N4OS. The summed E-state index contributed by atoms with van der Waals surface area (Å²) in [5.74, 6) is 0. The Labute approximate surface area is 140 Å². The first-order valence-corrected chi connectivity index (χ1v) is 8.79. The van der Waals surface area contributed by atoms with E-state index in [4.69, 9.17) is 0 Å². The van der Waals surface area contributed by atoms with Crippen molar-refractivity contribution in [2.75, 3.05) is 26.2 Å². The summed E-state index contributed by atoms with van der Waals surface area (Å²) in [7, 11) is 0. The van der Waals surface area contributed by atoms with Crippen molar-refractivity contribution >= 4 is 17.4 Å². The highest BCUT2D eigenvalue weighted by Crippen LogP contribution is 2.12. The van der Waals surface area contributed by atoms with E-state index >= 15 is 0 Å². The Bertz CT molecular complexity index is 635. The Morgan fingerprint density at radius 1 is 1.22 bits per heavy atom. The number of urea groups is 1. The van der Waals surface area contributed by atoms with Gasteiger partial charge in [-0.25, -0.2) is 9.78 Å². The standard InChI is InChI=1S/C17H22N4OS/c1-14-19-16(13-23-14)12-20-7-9-21(10-8-20)17(22)18-11-15-5-3-2-4-6-15/h2-6,13H,7-12H2,1H3,(H,18,22). The topological polar surface area (TPSA) is 48.5 Å². The third kappa shape index (κ3) is 4.53. The van der Waals surface area contributed by atoms with E-state index in [0.29, 0.717) is 6.54 Å². The van der Waals surface area contributed by atoms with Crippen molar-refractivity contribution in [1.29, 1.82) is 0 Å². The summed E-state index contributed by atoms with van der Waals surface area (Å²) in [6.45, 7) is 6.82. The molecule has 2 heterocycles. The van der Waals surface area contributed by atoms with Crippen molar-refractivity contribution in [2.45, 2.75) is 20.0 Å². The highest BCUT2D eigenvalue weighted by Gasteiger charge is 2.21.